The van der Waals surface area contributed by atoms with Crippen LogP contribution in [0.3, 0.4) is 0 Å². The van der Waals surface area contributed by atoms with E-state index in [4.69, 9.17) is 23.2 Å². The fourth-order valence-corrected chi connectivity index (χ4v) is 3.64. The van der Waals surface area contributed by atoms with E-state index < -0.39 is 0 Å². The van der Waals surface area contributed by atoms with Gasteiger partial charge < -0.3 is 10.4 Å². The minimum atomic E-state index is -0.0873. The van der Waals surface area contributed by atoms with Gasteiger partial charge in [0.05, 0.1) is 26.3 Å². The number of aromatic hydroxyl groups is 1. The van der Waals surface area contributed by atoms with Crippen molar-refractivity contribution in [3.8, 4) is 5.88 Å². The molecule has 0 amide bonds. The topological polar surface area (TPSA) is 70.4 Å². The lowest BCUT2D eigenvalue weighted by Gasteiger charge is -2.06. The summed E-state index contributed by atoms with van der Waals surface area (Å²) in [5, 5.41) is 15.5. The summed E-state index contributed by atoms with van der Waals surface area (Å²) in [6.07, 6.45) is 5.35. The number of halogens is 2. The molecule has 1 aliphatic rings. The van der Waals surface area contributed by atoms with Crippen molar-refractivity contribution in [2.45, 2.75) is 0 Å². The highest BCUT2D eigenvalue weighted by Crippen LogP contribution is 2.37. The Morgan fingerprint density at radius 3 is 2.68 bits per heavy atom. The van der Waals surface area contributed by atoms with Crippen molar-refractivity contribution in [3.05, 3.63) is 67.9 Å². The molecule has 3 heterocycles. The highest BCUT2D eigenvalue weighted by Gasteiger charge is 2.13. The molecule has 0 atom stereocenters. The molecule has 25 heavy (non-hydrogen) atoms. The molecule has 0 saturated heterocycles. The summed E-state index contributed by atoms with van der Waals surface area (Å²) in [5.74, 6) is -0.0873. The Labute approximate surface area is 156 Å². The molecule has 3 aromatic rings. The third-order valence-electron chi connectivity index (χ3n) is 3.46. The Kier molecular flexibility index (Phi) is 4.17. The number of thiazole rings is 1. The summed E-state index contributed by atoms with van der Waals surface area (Å²) in [6, 6.07) is 9.00. The third-order valence-corrected chi connectivity index (χ3v) is 5.00. The number of allylic oxidation sites excluding steroid dienone is 1. The lowest BCUT2D eigenvalue weighted by molar-refractivity contribution is 0.457. The molecular weight excluding hydrogens is 379 g/mol. The largest absolute Gasteiger partial charge is 0.492 e. The SMILES string of the molecule is Oc1nc(Nc2c(Cl)cccc2Cl)sc1/C=C1\C=c2cccnc2=N1. The molecular formula is C17H10Cl2N4OS. The molecule has 0 spiro atoms. The maximum absolute atomic E-state index is 10.1. The number of para-hydroxylation sites is 1. The highest BCUT2D eigenvalue weighted by atomic mass is 35.5. The van der Waals surface area contributed by atoms with Crippen molar-refractivity contribution in [2.75, 3.05) is 5.32 Å². The van der Waals surface area contributed by atoms with Gasteiger partial charge in [-0.2, -0.15) is 4.98 Å². The van der Waals surface area contributed by atoms with E-state index in [2.05, 4.69) is 20.3 Å². The fourth-order valence-electron chi connectivity index (χ4n) is 2.33. The molecule has 1 aromatic carbocycles. The second kappa shape index (κ2) is 6.48. The van der Waals surface area contributed by atoms with E-state index in [0.29, 0.717) is 36.9 Å². The number of hydrogen-bond acceptors (Lipinski definition) is 6. The van der Waals surface area contributed by atoms with Gasteiger partial charge in [-0.25, -0.2) is 9.98 Å². The predicted molar refractivity (Wildman–Crippen MR) is 101 cm³/mol. The van der Waals surface area contributed by atoms with Gasteiger partial charge in [0.15, 0.2) is 10.6 Å². The average Bonchev–Trinajstić information content (AvgIpc) is 3.14. The molecule has 2 aromatic heterocycles. The van der Waals surface area contributed by atoms with Gasteiger partial charge in [-0.15, -0.1) is 0 Å². The van der Waals surface area contributed by atoms with Crippen LogP contribution in [-0.4, -0.2) is 15.1 Å². The van der Waals surface area contributed by atoms with E-state index in [0.717, 1.165) is 5.22 Å². The van der Waals surface area contributed by atoms with Crippen LogP contribution in [0.1, 0.15) is 4.88 Å². The molecule has 1 aliphatic heterocycles. The minimum absolute atomic E-state index is 0.0873. The van der Waals surface area contributed by atoms with Gasteiger partial charge in [0, 0.05) is 11.4 Å². The number of fused-ring (bicyclic) bond motifs is 1. The second-order valence-electron chi connectivity index (χ2n) is 5.17. The number of hydrogen-bond donors (Lipinski definition) is 2. The second-order valence-corrected chi connectivity index (χ2v) is 7.02. The van der Waals surface area contributed by atoms with Crippen LogP contribution in [0, 0.1) is 0 Å². The number of nitrogens with one attached hydrogen (secondary N) is 1. The number of pyridine rings is 1. The van der Waals surface area contributed by atoms with E-state index in [1.165, 1.54) is 11.3 Å². The van der Waals surface area contributed by atoms with Gasteiger partial charge in [-0.3, -0.25) is 0 Å². The van der Waals surface area contributed by atoms with Crippen LogP contribution in [0.15, 0.2) is 47.2 Å². The lowest BCUT2D eigenvalue weighted by atomic mass is 10.3. The Balaban J connectivity index is 1.66. The first-order valence-electron chi connectivity index (χ1n) is 7.24. The molecule has 2 N–H and O–H groups in total. The number of nitrogens with zero attached hydrogens (tertiary/aromatic N) is 3. The molecule has 124 valence electrons. The summed E-state index contributed by atoms with van der Waals surface area (Å²) >= 11 is 13.6. The number of anilines is 2. The molecule has 0 aliphatic carbocycles. The van der Waals surface area contributed by atoms with Crippen LogP contribution in [0.2, 0.25) is 10.0 Å². The van der Waals surface area contributed by atoms with E-state index >= 15 is 0 Å². The predicted octanol–water partition coefficient (Wildman–Crippen LogP) is 3.75. The first-order chi connectivity index (χ1) is 12.1. The summed E-state index contributed by atoms with van der Waals surface area (Å²) in [6.45, 7) is 0. The zero-order chi connectivity index (χ0) is 17.4. The zero-order valence-corrected chi connectivity index (χ0v) is 14.9. The summed E-state index contributed by atoms with van der Waals surface area (Å²) in [7, 11) is 0. The summed E-state index contributed by atoms with van der Waals surface area (Å²) in [4.78, 5) is 13.3. The number of aromatic nitrogens is 2. The van der Waals surface area contributed by atoms with Gasteiger partial charge in [-0.1, -0.05) is 40.6 Å². The minimum Gasteiger partial charge on any atom is -0.492 e. The smallest absolute Gasteiger partial charge is 0.231 e. The van der Waals surface area contributed by atoms with Crippen molar-refractivity contribution < 1.29 is 5.11 Å². The van der Waals surface area contributed by atoms with Crippen LogP contribution in [0.4, 0.5) is 10.8 Å². The van der Waals surface area contributed by atoms with Crippen LogP contribution < -0.4 is 16.0 Å². The van der Waals surface area contributed by atoms with Crippen molar-refractivity contribution in [3.63, 3.8) is 0 Å². The molecule has 4 rings (SSSR count). The van der Waals surface area contributed by atoms with Gasteiger partial charge in [0.1, 0.15) is 0 Å². The van der Waals surface area contributed by atoms with Crippen molar-refractivity contribution >= 4 is 57.5 Å². The first kappa shape index (κ1) is 16.1. The number of rotatable bonds is 3. The Bertz CT molecular complexity index is 1070. The molecule has 0 fully saturated rings. The van der Waals surface area contributed by atoms with E-state index in [1.807, 2.05) is 18.2 Å². The Morgan fingerprint density at radius 1 is 1.12 bits per heavy atom. The quantitative estimate of drug-likeness (QED) is 0.716. The van der Waals surface area contributed by atoms with Crippen LogP contribution in [0.25, 0.3) is 12.2 Å². The molecule has 0 bridgehead atoms. The molecule has 5 nitrogen and oxygen atoms in total. The normalized spacial score (nSPS) is 14.1. The maximum Gasteiger partial charge on any atom is 0.231 e. The summed E-state index contributed by atoms with van der Waals surface area (Å²) < 4.78 is 0. The maximum atomic E-state index is 10.1. The van der Waals surface area contributed by atoms with Crippen molar-refractivity contribution in [1.29, 1.82) is 0 Å². The monoisotopic (exact) mass is 388 g/mol. The Hall–Kier alpha value is -2.41. The average molecular weight is 389 g/mol. The number of benzene rings is 1. The molecule has 8 heteroatoms. The zero-order valence-electron chi connectivity index (χ0n) is 12.6. The third kappa shape index (κ3) is 3.24. The van der Waals surface area contributed by atoms with Gasteiger partial charge in [0.25, 0.3) is 0 Å². The molecule has 0 saturated carbocycles. The van der Waals surface area contributed by atoms with Crippen LogP contribution in [0.5, 0.6) is 5.88 Å². The van der Waals surface area contributed by atoms with Crippen LogP contribution in [-0.2, 0) is 0 Å². The first-order valence-corrected chi connectivity index (χ1v) is 8.81. The summed E-state index contributed by atoms with van der Waals surface area (Å²) in [5.41, 5.74) is 1.92. The fraction of sp³-hybridized carbons (Fsp3) is 0. The molecule has 0 unspecified atom stereocenters. The van der Waals surface area contributed by atoms with Gasteiger partial charge in [-0.05, 0) is 36.4 Å². The molecule has 0 radical (unpaired) electrons. The highest BCUT2D eigenvalue weighted by molar-refractivity contribution is 7.16. The van der Waals surface area contributed by atoms with E-state index in [9.17, 15) is 5.11 Å². The van der Waals surface area contributed by atoms with Crippen LogP contribution >= 0.6 is 34.5 Å². The lowest BCUT2D eigenvalue weighted by Crippen LogP contribution is -2.23. The Morgan fingerprint density at radius 2 is 1.92 bits per heavy atom. The standard InChI is InChI=1S/C17H10Cl2N4OS/c18-11-4-1-5-12(19)14(11)22-17-23-16(24)13(25-17)8-10-7-9-3-2-6-20-15(9)21-10/h1-8,24H,(H,22,23)/b10-8+. The van der Waals surface area contributed by atoms with Gasteiger partial charge in [0.2, 0.25) is 5.88 Å². The van der Waals surface area contributed by atoms with E-state index in [-0.39, 0.29) is 5.88 Å². The van der Waals surface area contributed by atoms with Gasteiger partial charge >= 0.3 is 0 Å². The van der Waals surface area contributed by atoms with Crippen molar-refractivity contribution in [2.24, 2.45) is 4.99 Å². The van der Waals surface area contributed by atoms with Crippen molar-refractivity contribution in [1.82, 2.24) is 9.97 Å². The van der Waals surface area contributed by atoms with E-state index in [1.54, 1.807) is 30.5 Å².